The normalized spacial score (nSPS) is 16.3. The molecule has 9 heteroatoms. The van der Waals surface area contributed by atoms with E-state index in [1.807, 2.05) is 25.1 Å². The maximum absolute atomic E-state index is 13.9. The summed E-state index contributed by atoms with van der Waals surface area (Å²) in [6.45, 7) is 4.66. The van der Waals surface area contributed by atoms with Gasteiger partial charge in [-0.25, -0.2) is 4.79 Å². The van der Waals surface area contributed by atoms with Crippen LogP contribution in [0.5, 0.6) is 0 Å². The van der Waals surface area contributed by atoms with Gasteiger partial charge in [0.15, 0.2) is 5.69 Å². The van der Waals surface area contributed by atoms with E-state index in [9.17, 15) is 14.4 Å². The molecule has 3 aromatic rings. The Bertz CT molecular complexity index is 1230. The van der Waals surface area contributed by atoms with Crippen molar-refractivity contribution in [3.05, 3.63) is 80.9 Å². The Morgan fingerprint density at radius 1 is 1.20 bits per heavy atom. The summed E-state index contributed by atoms with van der Waals surface area (Å²) < 4.78 is 6.83. The molecule has 4 rings (SSSR count). The third-order valence-electron chi connectivity index (χ3n) is 6.48. The van der Waals surface area contributed by atoms with Crippen molar-refractivity contribution in [3.8, 4) is 0 Å². The molecule has 0 aliphatic carbocycles. The number of furan rings is 1. The molecule has 9 nitrogen and oxygen atoms in total. The number of carbonyl (C=O) groups is 1. The molecule has 3 heterocycles. The second-order valence-corrected chi connectivity index (χ2v) is 9.06. The number of aromatic amines is 1. The predicted octanol–water partition coefficient (Wildman–Crippen LogP) is 2.96. The fraction of sp³-hybridized carbons (Fsp3) is 0.423. The quantitative estimate of drug-likeness (QED) is 0.487. The van der Waals surface area contributed by atoms with Crippen molar-refractivity contribution in [1.29, 1.82) is 0 Å². The zero-order valence-corrected chi connectivity index (χ0v) is 20.1. The SMILES string of the molecule is CCCCn1c(N)c(N(Cc2ccco2)C(=O)C2CCCN(Cc3ccccc3)C2)c(=O)[nH]c1=O. The van der Waals surface area contributed by atoms with Crippen molar-refractivity contribution in [2.45, 2.75) is 52.2 Å². The molecular weight excluding hydrogens is 446 g/mol. The van der Waals surface area contributed by atoms with Crippen molar-refractivity contribution in [1.82, 2.24) is 14.5 Å². The van der Waals surface area contributed by atoms with Gasteiger partial charge in [0.05, 0.1) is 18.7 Å². The fourth-order valence-corrected chi connectivity index (χ4v) is 4.66. The predicted molar refractivity (Wildman–Crippen MR) is 135 cm³/mol. The van der Waals surface area contributed by atoms with Gasteiger partial charge in [-0.3, -0.25) is 28.9 Å². The number of hydrogen-bond acceptors (Lipinski definition) is 6. The summed E-state index contributed by atoms with van der Waals surface area (Å²) in [5.74, 6) is 0.0266. The van der Waals surface area contributed by atoms with Gasteiger partial charge in [0.1, 0.15) is 11.6 Å². The smallest absolute Gasteiger partial charge is 0.330 e. The molecule has 0 bridgehead atoms. The van der Waals surface area contributed by atoms with E-state index >= 15 is 0 Å². The van der Waals surface area contributed by atoms with Crippen LogP contribution in [0.1, 0.15) is 43.9 Å². The summed E-state index contributed by atoms with van der Waals surface area (Å²) in [6, 6.07) is 13.6. The lowest BCUT2D eigenvalue weighted by Crippen LogP contribution is -2.47. The van der Waals surface area contributed by atoms with Crippen LogP contribution in [0.25, 0.3) is 0 Å². The molecular formula is C26H33N5O4. The van der Waals surface area contributed by atoms with Crippen LogP contribution in [-0.2, 0) is 24.4 Å². The van der Waals surface area contributed by atoms with Gasteiger partial charge in [0.2, 0.25) is 5.91 Å². The third kappa shape index (κ3) is 5.74. The number of anilines is 2. The number of nitrogens with one attached hydrogen (secondary N) is 1. The van der Waals surface area contributed by atoms with Crippen molar-refractivity contribution in [2.75, 3.05) is 23.7 Å². The lowest BCUT2D eigenvalue weighted by atomic mass is 9.95. The number of nitrogens with two attached hydrogens (primary N) is 1. The Morgan fingerprint density at radius 3 is 2.71 bits per heavy atom. The lowest BCUT2D eigenvalue weighted by Gasteiger charge is -2.35. The Morgan fingerprint density at radius 2 is 2.00 bits per heavy atom. The summed E-state index contributed by atoms with van der Waals surface area (Å²) in [6.07, 6.45) is 4.69. The fourth-order valence-electron chi connectivity index (χ4n) is 4.66. The Balaban J connectivity index is 1.65. The molecule has 0 saturated carbocycles. The molecule has 1 saturated heterocycles. The van der Waals surface area contributed by atoms with E-state index in [0.29, 0.717) is 25.3 Å². The van der Waals surface area contributed by atoms with Crippen LogP contribution in [0.3, 0.4) is 0 Å². The minimum atomic E-state index is -0.669. The van der Waals surface area contributed by atoms with Crippen LogP contribution in [0.2, 0.25) is 0 Å². The number of nitrogen functional groups attached to an aromatic ring is 1. The summed E-state index contributed by atoms with van der Waals surface area (Å²) in [5.41, 5.74) is 6.32. The lowest BCUT2D eigenvalue weighted by molar-refractivity contribution is -0.124. The minimum absolute atomic E-state index is 0.00212. The van der Waals surface area contributed by atoms with Gasteiger partial charge in [0, 0.05) is 19.6 Å². The van der Waals surface area contributed by atoms with E-state index in [0.717, 1.165) is 32.4 Å². The molecule has 0 radical (unpaired) electrons. The third-order valence-corrected chi connectivity index (χ3v) is 6.48. The molecule has 186 valence electrons. The maximum atomic E-state index is 13.9. The number of H-pyrrole nitrogens is 1. The highest BCUT2D eigenvalue weighted by Gasteiger charge is 2.33. The second-order valence-electron chi connectivity index (χ2n) is 9.06. The molecule has 1 aromatic carbocycles. The second kappa shape index (κ2) is 11.2. The number of amides is 1. The maximum Gasteiger partial charge on any atom is 0.330 e. The number of benzene rings is 1. The number of unbranched alkanes of at least 4 members (excludes halogenated alkanes) is 1. The van der Waals surface area contributed by atoms with E-state index in [4.69, 9.17) is 10.2 Å². The Labute approximate surface area is 204 Å². The molecule has 0 spiro atoms. The van der Waals surface area contributed by atoms with Gasteiger partial charge in [-0.05, 0) is 43.5 Å². The summed E-state index contributed by atoms with van der Waals surface area (Å²) in [5, 5.41) is 0. The molecule has 1 aliphatic rings. The molecule has 1 unspecified atom stereocenters. The molecule has 1 aliphatic heterocycles. The van der Waals surface area contributed by atoms with Crippen molar-refractivity contribution >= 4 is 17.4 Å². The largest absolute Gasteiger partial charge is 0.467 e. The molecule has 1 fully saturated rings. The number of hydrogen-bond donors (Lipinski definition) is 2. The minimum Gasteiger partial charge on any atom is -0.467 e. The van der Waals surface area contributed by atoms with Gasteiger partial charge in [-0.2, -0.15) is 0 Å². The van der Waals surface area contributed by atoms with E-state index in [-0.39, 0.29) is 29.9 Å². The van der Waals surface area contributed by atoms with Gasteiger partial charge in [0.25, 0.3) is 5.56 Å². The summed E-state index contributed by atoms with van der Waals surface area (Å²) in [4.78, 5) is 45.3. The summed E-state index contributed by atoms with van der Waals surface area (Å²) in [7, 11) is 0. The first kappa shape index (κ1) is 24.5. The van der Waals surface area contributed by atoms with Crippen molar-refractivity contribution < 1.29 is 9.21 Å². The van der Waals surface area contributed by atoms with Crippen LogP contribution in [0, 0.1) is 5.92 Å². The van der Waals surface area contributed by atoms with Crippen LogP contribution in [0.4, 0.5) is 11.5 Å². The Kier molecular flexibility index (Phi) is 7.87. The van der Waals surface area contributed by atoms with Gasteiger partial charge in [-0.1, -0.05) is 43.7 Å². The van der Waals surface area contributed by atoms with E-state index < -0.39 is 11.2 Å². The van der Waals surface area contributed by atoms with E-state index in [1.54, 1.807) is 12.1 Å². The van der Waals surface area contributed by atoms with Gasteiger partial charge < -0.3 is 10.2 Å². The highest BCUT2D eigenvalue weighted by Crippen LogP contribution is 2.26. The highest BCUT2D eigenvalue weighted by atomic mass is 16.3. The van der Waals surface area contributed by atoms with Crippen LogP contribution in [0.15, 0.2) is 62.7 Å². The number of aromatic nitrogens is 2. The van der Waals surface area contributed by atoms with Crippen molar-refractivity contribution in [3.63, 3.8) is 0 Å². The first-order chi connectivity index (χ1) is 17.0. The van der Waals surface area contributed by atoms with Crippen LogP contribution < -0.4 is 21.9 Å². The first-order valence-electron chi connectivity index (χ1n) is 12.2. The highest BCUT2D eigenvalue weighted by molar-refractivity contribution is 5.97. The Hall–Kier alpha value is -3.59. The average Bonchev–Trinajstić information content (AvgIpc) is 3.37. The molecule has 3 N–H and O–H groups in total. The standard InChI is InChI=1S/C26H33N5O4/c1-2-3-14-30-23(27)22(24(32)28-26(30)34)31(18-21-12-8-15-35-21)25(33)20-11-7-13-29(17-20)16-19-9-5-4-6-10-19/h4-6,8-10,12,15,20H,2-3,7,11,13-14,16-18,27H2,1H3,(H,28,32,34). The zero-order valence-electron chi connectivity index (χ0n) is 20.1. The molecule has 1 amide bonds. The van der Waals surface area contributed by atoms with E-state index in [1.165, 1.54) is 21.3 Å². The van der Waals surface area contributed by atoms with Gasteiger partial charge in [-0.15, -0.1) is 0 Å². The zero-order chi connectivity index (χ0) is 24.8. The molecule has 1 atom stereocenters. The van der Waals surface area contributed by atoms with Crippen molar-refractivity contribution in [2.24, 2.45) is 5.92 Å². The van der Waals surface area contributed by atoms with Crippen LogP contribution in [-0.4, -0.2) is 33.4 Å². The number of piperidine rings is 1. The molecule has 2 aromatic heterocycles. The number of nitrogens with zero attached hydrogens (tertiary/aromatic N) is 3. The summed E-state index contributed by atoms with van der Waals surface area (Å²) >= 11 is 0. The van der Waals surface area contributed by atoms with Crippen LogP contribution >= 0.6 is 0 Å². The van der Waals surface area contributed by atoms with E-state index in [2.05, 4.69) is 22.0 Å². The monoisotopic (exact) mass is 479 g/mol. The first-order valence-corrected chi connectivity index (χ1v) is 12.2. The number of likely N-dealkylation sites (tertiary alicyclic amines) is 1. The van der Waals surface area contributed by atoms with Gasteiger partial charge >= 0.3 is 5.69 Å². The average molecular weight is 480 g/mol. The number of rotatable bonds is 9. The number of carbonyl (C=O) groups excluding carboxylic acids is 1. The molecule has 35 heavy (non-hydrogen) atoms. The topological polar surface area (TPSA) is 118 Å².